The fourth-order valence-electron chi connectivity index (χ4n) is 2.40. The minimum Gasteiger partial charge on any atom is -0.383 e. The van der Waals surface area contributed by atoms with Gasteiger partial charge in [0.05, 0.1) is 13.2 Å². The molecule has 6 nitrogen and oxygen atoms in total. The zero-order valence-electron chi connectivity index (χ0n) is 12.9. The Morgan fingerprint density at radius 2 is 2.30 bits per heavy atom. The molecule has 0 saturated carbocycles. The van der Waals surface area contributed by atoms with Crippen molar-refractivity contribution in [1.82, 2.24) is 10.2 Å². The van der Waals surface area contributed by atoms with Crippen LogP contribution >= 0.6 is 0 Å². The summed E-state index contributed by atoms with van der Waals surface area (Å²) in [6.45, 7) is 8.03. The molecule has 0 amide bonds. The number of nitrogens with two attached hydrogens (primary N) is 1. The maximum Gasteiger partial charge on any atom is 0.188 e. The third kappa shape index (κ3) is 7.07. The molecule has 1 aliphatic heterocycles. The molecule has 1 atom stereocenters. The Hall–Kier alpha value is -0.850. The molecule has 0 bridgehead atoms. The van der Waals surface area contributed by atoms with E-state index in [4.69, 9.17) is 15.2 Å². The van der Waals surface area contributed by atoms with E-state index in [-0.39, 0.29) is 0 Å². The lowest BCUT2D eigenvalue weighted by atomic mass is 10.2. The van der Waals surface area contributed by atoms with Gasteiger partial charge < -0.3 is 20.5 Å². The average Bonchev–Trinajstić information content (AvgIpc) is 2.90. The first kappa shape index (κ1) is 17.2. The summed E-state index contributed by atoms with van der Waals surface area (Å²) < 4.78 is 10.4. The van der Waals surface area contributed by atoms with Gasteiger partial charge in [0.25, 0.3) is 0 Å². The van der Waals surface area contributed by atoms with Crippen LogP contribution in [0.3, 0.4) is 0 Å². The highest BCUT2D eigenvalue weighted by Crippen LogP contribution is 2.16. The molecule has 0 aromatic carbocycles. The van der Waals surface area contributed by atoms with Crippen molar-refractivity contribution >= 4 is 5.96 Å². The lowest BCUT2D eigenvalue weighted by Gasteiger charge is -2.22. The van der Waals surface area contributed by atoms with E-state index in [2.05, 4.69) is 15.2 Å². The Kier molecular flexibility index (Phi) is 9.36. The van der Waals surface area contributed by atoms with E-state index in [1.54, 1.807) is 7.11 Å². The number of rotatable bonds is 10. The van der Waals surface area contributed by atoms with Crippen LogP contribution in [0.25, 0.3) is 0 Å². The molecule has 0 aliphatic carbocycles. The predicted molar refractivity (Wildman–Crippen MR) is 82.1 cm³/mol. The zero-order valence-corrected chi connectivity index (χ0v) is 12.9. The molecule has 0 aromatic heterocycles. The summed E-state index contributed by atoms with van der Waals surface area (Å²) in [5.41, 5.74) is 5.87. The Balaban J connectivity index is 2.17. The van der Waals surface area contributed by atoms with Crippen molar-refractivity contribution in [2.24, 2.45) is 10.7 Å². The molecular weight excluding hydrogens is 256 g/mol. The van der Waals surface area contributed by atoms with E-state index in [0.717, 1.165) is 52.4 Å². The van der Waals surface area contributed by atoms with Crippen LogP contribution in [0.15, 0.2) is 4.99 Å². The second-order valence-electron chi connectivity index (χ2n) is 5.03. The number of likely N-dealkylation sites (tertiary alicyclic amines) is 1. The Morgan fingerprint density at radius 1 is 1.45 bits per heavy atom. The van der Waals surface area contributed by atoms with Crippen molar-refractivity contribution in [3.05, 3.63) is 0 Å². The summed E-state index contributed by atoms with van der Waals surface area (Å²) in [7, 11) is 1.74. The van der Waals surface area contributed by atoms with E-state index >= 15 is 0 Å². The van der Waals surface area contributed by atoms with Gasteiger partial charge in [-0.3, -0.25) is 9.89 Å². The number of nitrogens with one attached hydrogen (secondary N) is 1. The largest absolute Gasteiger partial charge is 0.383 e. The number of hydrogen-bond donors (Lipinski definition) is 2. The highest BCUT2D eigenvalue weighted by Gasteiger charge is 2.23. The van der Waals surface area contributed by atoms with Crippen molar-refractivity contribution in [3.8, 4) is 0 Å². The third-order valence-corrected chi connectivity index (χ3v) is 3.53. The van der Waals surface area contributed by atoms with Crippen LogP contribution in [0.4, 0.5) is 0 Å². The van der Waals surface area contributed by atoms with Gasteiger partial charge in [-0.05, 0) is 32.7 Å². The third-order valence-electron chi connectivity index (χ3n) is 3.53. The Bertz CT molecular complexity index is 274. The summed E-state index contributed by atoms with van der Waals surface area (Å²) >= 11 is 0. The molecule has 0 aromatic rings. The molecule has 20 heavy (non-hydrogen) atoms. The second-order valence-corrected chi connectivity index (χ2v) is 5.03. The first-order valence-electron chi connectivity index (χ1n) is 7.62. The van der Waals surface area contributed by atoms with E-state index in [1.165, 1.54) is 12.8 Å². The van der Waals surface area contributed by atoms with E-state index in [9.17, 15) is 0 Å². The van der Waals surface area contributed by atoms with Crippen molar-refractivity contribution < 1.29 is 9.47 Å². The van der Waals surface area contributed by atoms with Gasteiger partial charge in [-0.25, -0.2) is 0 Å². The smallest absolute Gasteiger partial charge is 0.188 e. The van der Waals surface area contributed by atoms with Gasteiger partial charge in [0, 0.05) is 39.5 Å². The van der Waals surface area contributed by atoms with Crippen LogP contribution < -0.4 is 11.1 Å². The highest BCUT2D eigenvalue weighted by molar-refractivity contribution is 5.77. The molecule has 0 spiro atoms. The molecule has 1 aliphatic rings. The highest BCUT2D eigenvalue weighted by atomic mass is 16.5. The lowest BCUT2D eigenvalue weighted by molar-refractivity contribution is 0.142. The summed E-state index contributed by atoms with van der Waals surface area (Å²) in [6.07, 6.45) is 3.39. The number of hydrogen-bond acceptors (Lipinski definition) is 4. The molecule has 1 fully saturated rings. The molecule has 3 N–H and O–H groups in total. The maximum absolute atomic E-state index is 5.87. The van der Waals surface area contributed by atoms with Crippen molar-refractivity contribution in [1.29, 1.82) is 0 Å². The summed E-state index contributed by atoms with van der Waals surface area (Å²) in [4.78, 5) is 6.88. The topological polar surface area (TPSA) is 72.1 Å². The molecule has 1 unspecified atom stereocenters. The molecule has 1 saturated heterocycles. The van der Waals surface area contributed by atoms with Gasteiger partial charge in [0.15, 0.2) is 5.96 Å². The van der Waals surface area contributed by atoms with Gasteiger partial charge in [0.2, 0.25) is 0 Å². The first-order chi connectivity index (χ1) is 9.77. The van der Waals surface area contributed by atoms with Crippen molar-refractivity contribution in [2.75, 3.05) is 53.1 Å². The lowest BCUT2D eigenvalue weighted by Crippen LogP contribution is -2.37. The van der Waals surface area contributed by atoms with Crippen LogP contribution in [0.2, 0.25) is 0 Å². The van der Waals surface area contributed by atoms with Gasteiger partial charge >= 0.3 is 0 Å². The average molecular weight is 286 g/mol. The number of ether oxygens (including phenoxy) is 2. The van der Waals surface area contributed by atoms with Gasteiger partial charge in [-0.15, -0.1) is 0 Å². The first-order valence-corrected chi connectivity index (χ1v) is 7.62. The Labute approximate surface area is 122 Å². The minimum atomic E-state index is 0.508. The molecule has 118 valence electrons. The summed E-state index contributed by atoms with van der Waals surface area (Å²) in [5, 5.41) is 3.13. The minimum absolute atomic E-state index is 0.508. The van der Waals surface area contributed by atoms with Gasteiger partial charge in [0.1, 0.15) is 0 Å². The van der Waals surface area contributed by atoms with Gasteiger partial charge in [-0.1, -0.05) is 0 Å². The van der Waals surface area contributed by atoms with Crippen LogP contribution in [0, 0.1) is 0 Å². The monoisotopic (exact) mass is 286 g/mol. The summed E-state index contributed by atoms with van der Waals surface area (Å²) in [5.74, 6) is 0.542. The number of guanidine groups is 1. The standard InChI is InChI=1S/C14H30N4O2/c1-3-20-10-5-7-16-14(15)17-12-13-6-4-8-18(13)9-11-19-2/h13H,3-12H2,1-2H3,(H3,15,16,17). The van der Waals surface area contributed by atoms with Crippen LogP contribution in [-0.2, 0) is 9.47 Å². The van der Waals surface area contributed by atoms with Crippen LogP contribution in [-0.4, -0.2) is 70.0 Å². The number of methoxy groups -OCH3 is 1. The number of nitrogens with zero attached hydrogens (tertiary/aromatic N) is 2. The fourth-order valence-corrected chi connectivity index (χ4v) is 2.40. The van der Waals surface area contributed by atoms with Crippen molar-refractivity contribution in [2.45, 2.75) is 32.2 Å². The normalized spacial score (nSPS) is 20.5. The van der Waals surface area contributed by atoms with E-state index < -0.39 is 0 Å². The Morgan fingerprint density at radius 3 is 3.05 bits per heavy atom. The number of aliphatic imine (C=N–C) groups is 1. The zero-order chi connectivity index (χ0) is 14.6. The predicted octanol–water partition coefficient (Wildman–Crippen LogP) is 0.428. The van der Waals surface area contributed by atoms with Crippen LogP contribution in [0.1, 0.15) is 26.2 Å². The molecule has 1 heterocycles. The molecular formula is C14H30N4O2. The van der Waals surface area contributed by atoms with Crippen molar-refractivity contribution in [3.63, 3.8) is 0 Å². The molecule has 6 heteroatoms. The fraction of sp³-hybridized carbons (Fsp3) is 0.929. The van der Waals surface area contributed by atoms with Crippen LogP contribution in [0.5, 0.6) is 0 Å². The van der Waals surface area contributed by atoms with Gasteiger partial charge in [-0.2, -0.15) is 0 Å². The van der Waals surface area contributed by atoms with E-state index in [0.29, 0.717) is 12.0 Å². The quantitative estimate of drug-likeness (QED) is 0.346. The summed E-state index contributed by atoms with van der Waals surface area (Å²) in [6, 6.07) is 0.508. The SMILES string of the molecule is CCOCCCNC(N)=NCC1CCCN1CCOC. The second kappa shape index (κ2) is 10.9. The van der Waals surface area contributed by atoms with E-state index in [1.807, 2.05) is 6.92 Å². The molecule has 0 radical (unpaired) electrons. The molecule has 1 rings (SSSR count). The maximum atomic E-state index is 5.87.